The van der Waals surface area contributed by atoms with Crippen LogP contribution in [-0.2, 0) is 0 Å². The smallest absolute Gasteiger partial charge is 0.139 e. The Morgan fingerprint density at radius 1 is 0.472 bits per heavy atom. The van der Waals surface area contributed by atoms with Crippen LogP contribution < -0.4 is 0 Å². The van der Waals surface area contributed by atoms with Gasteiger partial charge in [0.05, 0.1) is 4.90 Å². The fourth-order valence-corrected chi connectivity index (χ4v) is 7.18. The lowest BCUT2D eigenvalue weighted by Gasteiger charge is -2.20. The van der Waals surface area contributed by atoms with Crippen molar-refractivity contribution in [1.82, 2.24) is 0 Å². The Morgan fingerprint density at radius 2 is 1.06 bits per heavy atom. The highest BCUT2D eigenvalue weighted by molar-refractivity contribution is 8.76. The van der Waals surface area contributed by atoms with Crippen LogP contribution in [0, 0.1) is 0 Å². The maximum absolute atomic E-state index is 11.8. The van der Waals surface area contributed by atoms with Crippen molar-refractivity contribution in [2.45, 2.75) is 9.79 Å². The molecule has 0 unspecified atom stereocenters. The van der Waals surface area contributed by atoms with E-state index in [1.807, 2.05) is 84.9 Å². The van der Waals surface area contributed by atoms with Crippen LogP contribution in [0.4, 0.5) is 0 Å². The van der Waals surface area contributed by atoms with Gasteiger partial charge >= 0.3 is 0 Å². The number of phenolic OH excluding ortho intramolecular Hbond substituents is 2. The maximum atomic E-state index is 11.8. The lowest BCUT2D eigenvalue weighted by molar-refractivity contribution is 0.466. The largest absolute Gasteiger partial charge is 0.507 e. The van der Waals surface area contributed by atoms with Gasteiger partial charge in [-0.15, -0.1) is 0 Å². The molecule has 0 amide bonds. The van der Waals surface area contributed by atoms with E-state index in [0.29, 0.717) is 0 Å². The molecule has 0 bridgehead atoms. The summed E-state index contributed by atoms with van der Waals surface area (Å²) in [4.78, 5) is 1.86. The third kappa shape index (κ3) is 3.98. The second-order valence-electron chi connectivity index (χ2n) is 8.50. The minimum atomic E-state index is 0.195. The van der Waals surface area contributed by atoms with Crippen molar-refractivity contribution in [3.8, 4) is 33.8 Å². The Morgan fingerprint density at radius 3 is 1.81 bits per heavy atom. The van der Waals surface area contributed by atoms with Crippen molar-refractivity contribution in [2.24, 2.45) is 0 Å². The molecule has 6 rings (SSSR count). The Balaban J connectivity index is 1.61. The monoisotopic (exact) mass is 502 g/mol. The van der Waals surface area contributed by atoms with Crippen molar-refractivity contribution in [1.29, 1.82) is 0 Å². The number of rotatable bonds is 5. The fraction of sp³-hybridized carbons (Fsp3) is 0. The minimum absolute atomic E-state index is 0.195. The summed E-state index contributed by atoms with van der Waals surface area (Å²) in [5, 5.41) is 26.9. The van der Waals surface area contributed by atoms with Crippen molar-refractivity contribution in [2.75, 3.05) is 0 Å². The zero-order valence-electron chi connectivity index (χ0n) is 19.3. The molecule has 0 fully saturated rings. The molecule has 0 aliphatic rings. The van der Waals surface area contributed by atoms with Gasteiger partial charge < -0.3 is 10.2 Å². The van der Waals surface area contributed by atoms with E-state index in [0.717, 1.165) is 42.8 Å². The van der Waals surface area contributed by atoms with E-state index < -0.39 is 0 Å². The van der Waals surface area contributed by atoms with Gasteiger partial charge in [0.2, 0.25) is 0 Å². The summed E-state index contributed by atoms with van der Waals surface area (Å²) < 4.78 is 0. The first-order valence-electron chi connectivity index (χ1n) is 11.7. The number of aromatic hydroxyl groups is 2. The van der Waals surface area contributed by atoms with Crippen molar-refractivity contribution < 1.29 is 10.2 Å². The first-order valence-corrected chi connectivity index (χ1v) is 13.8. The van der Waals surface area contributed by atoms with Gasteiger partial charge in [0.1, 0.15) is 11.5 Å². The molecule has 0 heterocycles. The van der Waals surface area contributed by atoms with Gasteiger partial charge in [-0.1, -0.05) is 120 Å². The normalized spacial score (nSPS) is 11.2. The van der Waals surface area contributed by atoms with Crippen LogP contribution in [0.1, 0.15) is 0 Å². The van der Waals surface area contributed by atoms with Crippen LogP contribution in [0.15, 0.2) is 131 Å². The Hall–Kier alpha value is -3.86. The number of hydrogen-bond donors (Lipinski definition) is 2. The van der Waals surface area contributed by atoms with E-state index in [4.69, 9.17) is 0 Å². The van der Waals surface area contributed by atoms with E-state index in [1.54, 1.807) is 16.9 Å². The first kappa shape index (κ1) is 22.6. The molecule has 174 valence electrons. The van der Waals surface area contributed by atoms with Gasteiger partial charge in [-0.25, -0.2) is 0 Å². The second-order valence-corrected chi connectivity index (χ2v) is 10.7. The maximum Gasteiger partial charge on any atom is 0.139 e. The quantitative estimate of drug-likeness (QED) is 0.230. The van der Waals surface area contributed by atoms with Crippen LogP contribution in [0.3, 0.4) is 0 Å². The van der Waals surface area contributed by atoms with E-state index in [-0.39, 0.29) is 11.5 Å². The van der Waals surface area contributed by atoms with Gasteiger partial charge in [-0.2, -0.15) is 0 Å². The SMILES string of the molecule is Oc1c(-c2ccccc2)c(-c2ccccc2)c2c(O)cccc2c1SSc1cccc2ccccc12. The number of fused-ring (bicyclic) bond motifs is 2. The zero-order chi connectivity index (χ0) is 24.5. The van der Waals surface area contributed by atoms with Crippen LogP contribution >= 0.6 is 21.6 Å². The van der Waals surface area contributed by atoms with Crippen LogP contribution in [0.2, 0.25) is 0 Å². The summed E-state index contributed by atoms with van der Waals surface area (Å²) in [5.74, 6) is 0.413. The summed E-state index contributed by atoms with van der Waals surface area (Å²) in [7, 11) is 3.14. The van der Waals surface area contributed by atoms with E-state index in [2.05, 4.69) is 30.3 Å². The molecular formula is C32H22O2S2. The van der Waals surface area contributed by atoms with Gasteiger partial charge in [-0.05, 0) is 44.8 Å². The molecule has 0 saturated carbocycles. The van der Waals surface area contributed by atoms with Gasteiger partial charge in [0.25, 0.3) is 0 Å². The molecule has 0 radical (unpaired) electrons. The molecule has 36 heavy (non-hydrogen) atoms. The topological polar surface area (TPSA) is 40.5 Å². The lowest BCUT2D eigenvalue weighted by atomic mass is 9.88. The number of hydrogen-bond acceptors (Lipinski definition) is 4. The summed E-state index contributed by atoms with van der Waals surface area (Å²) >= 11 is 0. The van der Waals surface area contributed by atoms with Crippen molar-refractivity contribution >= 4 is 43.1 Å². The summed E-state index contributed by atoms with van der Waals surface area (Å²) in [6.07, 6.45) is 0. The highest BCUT2D eigenvalue weighted by Crippen LogP contribution is 2.55. The molecule has 0 aliphatic heterocycles. The highest BCUT2D eigenvalue weighted by Gasteiger charge is 2.24. The van der Waals surface area contributed by atoms with Crippen molar-refractivity contribution in [3.63, 3.8) is 0 Å². The first-order chi connectivity index (χ1) is 17.7. The summed E-state index contributed by atoms with van der Waals surface area (Å²) in [5.41, 5.74) is 3.39. The van der Waals surface area contributed by atoms with Gasteiger partial charge in [0.15, 0.2) is 0 Å². The molecule has 0 aromatic heterocycles. The van der Waals surface area contributed by atoms with E-state index in [9.17, 15) is 10.2 Å². The highest BCUT2D eigenvalue weighted by atomic mass is 33.1. The van der Waals surface area contributed by atoms with Crippen molar-refractivity contribution in [3.05, 3.63) is 121 Å². The number of phenols is 2. The standard InChI is InChI=1S/C32H22O2S2/c33-26-19-10-18-25-30(26)28(22-12-3-1-4-13-22)29(23-14-5-2-6-15-23)31(34)32(25)36-35-27-20-9-16-21-11-7-8-17-24(21)27/h1-20,33-34H. The van der Waals surface area contributed by atoms with Gasteiger partial charge in [-0.3, -0.25) is 0 Å². The average molecular weight is 503 g/mol. The molecule has 6 aromatic rings. The summed E-state index contributed by atoms with van der Waals surface area (Å²) in [6, 6.07) is 40.0. The molecule has 2 nitrogen and oxygen atoms in total. The average Bonchev–Trinajstić information content (AvgIpc) is 2.93. The molecular weight excluding hydrogens is 480 g/mol. The predicted octanol–water partition coefficient (Wildman–Crippen LogP) is 9.54. The van der Waals surface area contributed by atoms with Gasteiger partial charge in [0, 0.05) is 26.8 Å². The Kier molecular flexibility index (Phi) is 6.06. The van der Waals surface area contributed by atoms with Crippen LogP contribution in [-0.4, -0.2) is 10.2 Å². The third-order valence-electron chi connectivity index (χ3n) is 6.33. The van der Waals surface area contributed by atoms with Crippen LogP contribution in [0.5, 0.6) is 11.5 Å². The third-order valence-corrected chi connectivity index (χ3v) is 8.82. The second kappa shape index (κ2) is 9.65. The molecule has 4 heteroatoms. The molecule has 0 aliphatic carbocycles. The van der Waals surface area contributed by atoms with Crippen LogP contribution in [0.25, 0.3) is 43.8 Å². The van der Waals surface area contributed by atoms with E-state index >= 15 is 0 Å². The minimum Gasteiger partial charge on any atom is -0.507 e. The molecule has 6 aromatic carbocycles. The fourth-order valence-electron chi connectivity index (χ4n) is 4.70. The Bertz CT molecular complexity index is 1690. The van der Waals surface area contributed by atoms with E-state index in [1.165, 1.54) is 21.6 Å². The zero-order valence-corrected chi connectivity index (χ0v) is 20.9. The Labute approximate surface area is 217 Å². The lowest BCUT2D eigenvalue weighted by Crippen LogP contribution is -1.92. The predicted molar refractivity (Wildman–Crippen MR) is 154 cm³/mol. The molecule has 0 saturated heterocycles. The number of benzene rings is 6. The molecule has 0 atom stereocenters. The molecule has 0 spiro atoms. The summed E-state index contributed by atoms with van der Waals surface area (Å²) in [6.45, 7) is 0. The molecule has 2 N–H and O–H groups in total.